The zero-order valence-electron chi connectivity index (χ0n) is 15.3. The number of nitrogens with zero attached hydrogens (tertiary/aromatic N) is 5. The van der Waals surface area contributed by atoms with Crippen LogP contribution in [-0.2, 0) is 9.84 Å². The number of pyridine rings is 1. The first kappa shape index (κ1) is 18.5. The van der Waals surface area contributed by atoms with Crippen LogP contribution < -0.4 is 0 Å². The molecule has 3 aliphatic rings. The normalized spacial score (nSPS) is 27.7. The number of halogens is 1. The minimum absolute atomic E-state index is 0.115. The third-order valence-electron chi connectivity index (χ3n) is 5.64. The molecule has 0 saturated carbocycles. The van der Waals surface area contributed by atoms with Crippen LogP contribution in [0.3, 0.4) is 0 Å². The van der Waals surface area contributed by atoms with Gasteiger partial charge in [-0.3, -0.25) is 0 Å². The monoisotopic (exact) mass is 437 g/mol. The van der Waals surface area contributed by atoms with Crippen LogP contribution in [0.2, 0.25) is 0 Å². The molecule has 0 bridgehead atoms. The number of aromatic nitrogens is 2. The average molecular weight is 438 g/mol. The smallest absolute Gasteiger partial charge is 0.208 e. The number of aliphatic imine (C=N–C) groups is 1. The van der Waals surface area contributed by atoms with Crippen molar-refractivity contribution in [3.05, 3.63) is 36.1 Å². The summed E-state index contributed by atoms with van der Waals surface area (Å²) in [6.07, 6.45) is 6.19. The minimum Gasteiger partial charge on any atom is -0.327 e. The summed E-state index contributed by atoms with van der Waals surface area (Å²) in [6, 6.07) is 3.81. The van der Waals surface area contributed by atoms with Gasteiger partial charge in [0.2, 0.25) is 9.84 Å². The fourth-order valence-electron chi connectivity index (χ4n) is 4.20. The van der Waals surface area contributed by atoms with Crippen LogP contribution in [0.15, 0.2) is 46.0 Å². The molecule has 7 nitrogen and oxygen atoms in total. The van der Waals surface area contributed by atoms with Crippen molar-refractivity contribution < 1.29 is 8.42 Å². The van der Waals surface area contributed by atoms with E-state index < -0.39 is 15.2 Å². The Labute approximate surface area is 173 Å². The molecule has 0 amide bonds. The molecule has 3 unspecified atom stereocenters. The van der Waals surface area contributed by atoms with Gasteiger partial charge >= 0.3 is 0 Å². The van der Waals surface area contributed by atoms with Gasteiger partial charge < -0.3 is 14.4 Å². The third kappa shape index (κ3) is 2.71. The molecule has 0 N–H and O–H groups in total. The van der Waals surface area contributed by atoms with Gasteiger partial charge in [0.15, 0.2) is 10.9 Å². The third-order valence-corrected chi connectivity index (χ3v) is 8.94. The Bertz CT molecular complexity index is 1100. The standard InChI is InChI=1S/C18H20ClN5O2S2/c1-2-22-7-5-12(10-22)24-11-14(13-4-3-6-20-16(13)24)28(25,26)17-15(19)21-18-23(17)8-9-27-18/h3-4,6,8-9,11-12,17-18H,2,5,7,10H2,1H3. The average Bonchev–Trinajstić information content (AvgIpc) is 3.42. The molecule has 1 saturated heterocycles. The number of likely N-dealkylation sites (tertiary alicyclic amines) is 1. The summed E-state index contributed by atoms with van der Waals surface area (Å²) < 4.78 is 29.3. The predicted octanol–water partition coefficient (Wildman–Crippen LogP) is 2.86. The lowest BCUT2D eigenvalue weighted by atomic mass is 10.2. The van der Waals surface area contributed by atoms with Crippen molar-refractivity contribution in [1.29, 1.82) is 0 Å². The molecule has 10 heteroatoms. The van der Waals surface area contributed by atoms with Crippen LogP contribution in [0, 0.1) is 0 Å². The Morgan fingerprint density at radius 2 is 2.25 bits per heavy atom. The lowest BCUT2D eigenvalue weighted by molar-refractivity contribution is 0.342. The molecule has 0 aliphatic carbocycles. The van der Waals surface area contributed by atoms with Gasteiger partial charge in [-0.15, -0.1) is 0 Å². The number of hydrogen-bond donors (Lipinski definition) is 0. The molecule has 3 atom stereocenters. The van der Waals surface area contributed by atoms with Crippen molar-refractivity contribution in [2.75, 3.05) is 19.6 Å². The first-order valence-electron chi connectivity index (χ1n) is 9.25. The number of fused-ring (bicyclic) bond motifs is 2. The SMILES string of the molecule is CCN1CCC(n2cc(S(=O)(=O)C3C(Cl)=NC4SC=CN43)c3cccnc32)C1. The molecule has 5 rings (SSSR count). The van der Waals surface area contributed by atoms with E-state index in [0.29, 0.717) is 11.0 Å². The summed E-state index contributed by atoms with van der Waals surface area (Å²) in [5.41, 5.74) is 0.407. The van der Waals surface area contributed by atoms with Gasteiger partial charge in [-0.2, -0.15) is 0 Å². The Kier molecular flexibility index (Phi) is 4.46. The van der Waals surface area contributed by atoms with Gasteiger partial charge in [0, 0.05) is 43.1 Å². The molecular weight excluding hydrogens is 418 g/mol. The van der Waals surface area contributed by atoms with Crippen molar-refractivity contribution in [3.8, 4) is 0 Å². The van der Waals surface area contributed by atoms with Crippen LogP contribution in [0.1, 0.15) is 19.4 Å². The maximum absolute atomic E-state index is 13.6. The topological polar surface area (TPSA) is 70.8 Å². The zero-order valence-corrected chi connectivity index (χ0v) is 17.7. The molecule has 0 radical (unpaired) electrons. The summed E-state index contributed by atoms with van der Waals surface area (Å²) in [4.78, 5) is 13.2. The van der Waals surface area contributed by atoms with E-state index in [1.165, 1.54) is 11.8 Å². The molecule has 5 heterocycles. The van der Waals surface area contributed by atoms with E-state index >= 15 is 0 Å². The molecule has 1 fully saturated rings. The first-order chi connectivity index (χ1) is 13.5. The second-order valence-corrected chi connectivity index (χ2v) is 10.5. The number of thioether (sulfide) groups is 1. The van der Waals surface area contributed by atoms with Gasteiger partial charge in [-0.25, -0.2) is 18.4 Å². The summed E-state index contributed by atoms with van der Waals surface area (Å²) in [7, 11) is -3.77. The molecule has 148 valence electrons. The number of sulfone groups is 1. The molecule has 2 aromatic heterocycles. The van der Waals surface area contributed by atoms with E-state index in [0.717, 1.165) is 26.1 Å². The largest absolute Gasteiger partial charge is 0.327 e. The summed E-state index contributed by atoms with van der Waals surface area (Å²) in [5.74, 6) is 0. The van der Waals surface area contributed by atoms with Gasteiger partial charge in [0.1, 0.15) is 10.8 Å². The molecule has 3 aliphatic heterocycles. The number of hydrogen-bond acceptors (Lipinski definition) is 7. The summed E-state index contributed by atoms with van der Waals surface area (Å²) >= 11 is 7.74. The van der Waals surface area contributed by atoms with Crippen LogP contribution >= 0.6 is 23.4 Å². The van der Waals surface area contributed by atoms with Crippen molar-refractivity contribution in [2.45, 2.75) is 35.2 Å². The quantitative estimate of drug-likeness (QED) is 0.732. The van der Waals surface area contributed by atoms with E-state index in [1.54, 1.807) is 29.6 Å². The van der Waals surface area contributed by atoms with Gasteiger partial charge in [-0.05, 0) is 30.5 Å². The number of rotatable bonds is 4. The second kappa shape index (κ2) is 6.76. The van der Waals surface area contributed by atoms with Gasteiger partial charge in [0.05, 0.1) is 4.90 Å². The second-order valence-electron chi connectivity index (χ2n) is 7.15. The maximum Gasteiger partial charge on any atom is 0.208 e. The highest BCUT2D eigenvalue weighted by atomic mass is 35.5. The Morgan fingerprint density at radius 3 is 3.04 bits per heavy atom. The highest BCUT2D eigenvalue weighted by molar-refractivity contribution is 8.03. The van der Waals surface area contributed by atoms with Crippen LogP contribution in [-0.4, -0.2) is 63.4 Å². The number of likely N-dealkylation sites (N-methyl/N-ethyl adjacent to an activating group) is 1. The lowest BCUT2D eigenvalue weighted by Gasteiger charge is -2.22. The maximum atomic E-state index is 13.6. The van der Waals surface area contributed by atoms with Gasteiger partial charge in [-0.1, -0.05) is 30.3 Å². The lowest BCUT2D eigenvalue weighted by Crippen LogP contribution is -2.38. The van der Waals surface area contributed by atoms with Crippen molar-refractivity contribution >= 4 is 49.4 Å². The van der Waals surface area contributed by atoms with Crippen molar-refractivity contribution in [1.82, 2.24) is 19.4 Å². The summed E-state index contributed by atoms with van der Waals surface area (Å²) in [6.45, 7) is 5.04. The van der Waals surface area contributed by atoms with Crippen LogP contribution in [0.25, 0.3) is 11.0 Å². The highest BCUT2D eigenvalue weighted by Crippen LogP contribution is 2.40. The fourth-order valence-corrected chi connectivity index (χ4v) is 7.54. The summed E-state index contributed by atoms with van der Waals surface area (Å²) in [5, 5.41) is 1.62. The van der Waals surface area contributed by atoms with E-state index in [-0.39, 0.29) is 21.6 Å². The Hall–Kier alpha value is -1.55. The Morgan fingerprint density at radius 1 is 1.39 bits per heavy atom. The fraction of sp³-hybridized carbons (Fsp3) is 0.444. The van der Waals surface area contributed by atoms with Crippen molar-refractivity contribution in [2.24, 2.45) is 4.99 Å². The Balaban J connectivity index is 1.61. The van der Waals surface area contributed by atoms with E-state index in [4.69, 9.17) is 11.6 Å². The predicted molar refractivity (Wildman–Crippen MR) is 112 cm³/mol. The van der Waals surface area contributed by atoms with E-state index in [2.05, 4.69) is 21.8 Å². The molecule has 0 aromatic carbocycles. The van der Waals surface area contributed by atoms with Gasteiger partial charge in [0.25, 0.3) is 0 Å². The highest BCUT2D eigenvalue weighted by Gasteiger charge is 2.46. The van der Waals surface area contributed by atoms with E-state index in [1.807, 2.05) is 16.0 Å². The van der Waals surface area contributed by atoms with Crippen LogP contribution in [0.5, 0.6) is 0 Å². The minimum atomic E-state index is -3.77. The molecule has 28 heavy (non-hydrogen) atoms. The molecule has 0 spiro atoms. The van der Waals surface area contributed by atoms with E-state index in [9.17, 15) is 8.42 Å². The molecule has 2 aromatic rings. The molecular formula is C18H20ClN5O2S2. The van der Waals surface area contributed by atoms with Crippen molar-refractivity contribution in [3.63, 3.8) is 0 Å². The zero-order chi connectivity index (χ0) is 19.5. The van der Waals surface area contributed by atoms with Crippen LogP contribution in [0.4, 0.5) is 0 Å². The first-order valence-corrected chi connectivity index (χ1v) is 12.1.